The van der Waals surface area contributed by atoms with Crippen molar-refractivity contribution in [3.05, 3.63) is 23.5 Å². The minimum absolute atomic E-state index is 0.0671. The van der Waals surface area contributed by atoms with E-state index < -0.39 is 18.8 Å². The quantitative estimate of drug-likeness (QED) is 0.571. The molecular weight excluding hydrogens is 216 g/mol. The van der Waals surface area contributed by atoms with E-state index in [-0.39, 0.29) is 16.8 Å². The Kier molecular flexibility index (Phi) is 3.86. The molecule has 86 valence electrons. The summed E-state index contributed by atoms with van der Waals surface area (Å²) in [5, 5.41) is 20.3. The summed E-state index contributed by atoms with van der Waals surface area (Å²) in [6, 6.07) is 2.12. The molecule has 1 aromatic carbocycles. The second kappa shape index (κ2) is 4.95. The van der Waals surface area contributed by atoms with Crippen molar-refractivity contribution in [2.75, 3.05) is 14.2 Å². The Morgan fingerprint density at radius 3 is 2.56 bits per heavy atom. The van der Waals surface area contributed by atoms with Crippen molar-refractivity contribution < 1.29 is 24.0 Å². The lowest BCUT2D eigenvalue weighted by Gasteiger charge is -2.12. The van der Waals surface area contributed by atoms with Gasteiger partial charge in [0.2, 0.25) is 0 Å². The van der Waals surface area contributed by atoms with Gasteiger partial charge in [-0.3, -0.25) is 4.79 Å². The molecule has 0 spiro atoms. The third-order valence-electron chi connectivity index (χ3n) is 2.07. The van der Waals surface area contributed by atoms with E-state index in [9.17, 15) is 9.18 Å². The van der Waals surface area contributed by atoms with Gasteiger partial charge in [0, 0.05) is 12.5 Å². The van der Waals surface area contributed by atoms with E-state index in [4.69, 9.17) is 14.8 Å². The molecule has 1 rings (SSSR count). The lowest BCUT2D eigenvalue weighted by atomic mass is 9.78. The number of carbonyl (C=O) groups excluding carboxylic acids is 1. The molecule has 0 aromatic heterocycles. The SMILES string of the molecule is CNC(=O)c1c(F)ccc(B(O)O)c1OC. The van der Waals surface area contributed by atoms with E-state index in [0.717, 1.165) is 12.1 Å². The number of rotatable bonds is 3. The second-order valence-electron chi connectivity index (χ2n) is 3.00. The van der Waals surface area contributed by atoms with Gasteiger partial charge in [-0.1, -0.05) is 6.07 Å². The van der Waals surface area contributed by atoms with Gasteiger partial charge in [-0.05, 0) is 6.07 Å². The van der Waals surface area contributed by atoms with Crippen molar-refractivity contribution >= 4 is 18.5 Å². The molecule has 0 saturated heterocycles. The molecule has 0 atom stereocenters. The highest BCUT2D eigenvalue weighted by Gasteiger charge is 2.25. The van der Waals surface area contributed by atoms with E-state index in [1.54, 1.807) is 0 Å². The summed E-state index contributed by atoms with van der Waals surface area (Å²) in [6.45, 7) is 0. The van der Waals surface area contributed by atoms with Crippen LogP contribution in [0.2, 0.25) is 0 Å². The van der Waals surface area contributed by atoms with E-state index in [1.165, 1.54) is 14.2 Å². The smallest absolute Gasteiger partial charge is 0.492 e. The number of benzene rings is 1. The normalized spacial score (nSPS) is 9.81. The van der Waals surface area contributed by atoms with Crippen LogP contribution in [0.5, 0.6) is 5.75 Å². The topological polar surface area (TPSA) is 78.8 Å². The fraction of sp³-hybridized carbons (Fsp3) is 0.222. The van der Waals surface area contributed by atoms with Crippen LogP contribution in [0.15, 0.2) is 12.1 Å². The first-order chi connectivity index (χ1) is 7.52. The Labute approximate surface area is 92.0 Å². The van der Waals surface area contributed by atoms with Crippen molar-refractivity contribution in [2.24, 2.45) is 0 Å². The lowest BCUT2D eigenvalue weighted by molar-refractivity contribution is 0.0956. The molecule has 0 aliphatic heterocycles. The van der Waals surface area contributed by atoms with E-state index in [1.807, 2.05) is 0 Å². The van der Waals surface area contributed by atoms with Gasteiger partial charge in [-0.2, -0.15) is 0 Å². The van der Waals surface area contributed by atoms with Crippen LogP contribution in [0, 0.1) is 5.82 Å². The van der Waals surface area contributed by atoms with Crippen molar-refractivity contribution in [1.29, 1.82) is 0 Å². The first-order valence-corrected chi connectivity index (χ1v) is 4.47. The number of methoxy groups -OCH3 is 1. The Hall–Kier alpha value is -1.60. The zero-order valence-corrected chi connectivity index (χ0v) is 8.82. The fourth-order valence-electron chi connectivity index (χ4n) is 1.33. The summed E-state index contributed by atoms with van der Waals surface area (Å²) in [4.78, 5) is 11.4. The maximum Gasteiger partial charge on any atom is 0.492 e. The maximum atomic E-state index is 13.4. The molecule has 0 unspecified atom stereocenters. The van der Waals surface area contributed by atoms with Crippen LogP contribution in [-0.2, 0) is 0 Å². The van der Waals surface area contributed by atoms with Crippen molar-refractivity contribution in [3.63, 3.8) is 0 Å². The van der Waals surface area contributed by atoms with Gasteiger partial charge >= 0.3 is 7.12 Å². The number of ether oxygens (including phenoxy) is 1. The highest BCUT2D eigenvalue weighted by Crippen LogP contribution is 2.19. The number of nitrogens with one attached hydrogen (secondary N) is 1. The summed E-state index contributed by atoms with van der Waals surface area (Å²) in [5.41, 5.74) is -0.418. The Bertz CT molecular complexity index is 411. The summed E-state index contributed by atoms with van der Waals surface area (Å²) >= 11 is 0. The predicted octanol–water partition coefficient (Wildman–Crippen LogP) is -1.13. The molecular formula is C9H11BFNO4. The summed E-state index contributed by atoms with van der Waals surface area (Å²) in [6.07, 6.45) is 0. The Morgan fingerprint density at radius 2 is 2.12 bits per heavy atom. The van der Waals surface area contributed by atoms with Crippen LogP contribution in [-0.4, -0.2) is 37.2 Å². The first kappa shape index (κ1) is 12.5. The molecule has 7 heteroatoms. The third-order valence-corrected chi connectivity index (χ3v) is 2.07. The molecule has 16 heavy (non-hydrogen) atoms. The highest BCUT2D eigenvalue weighted by atomic mass is 19.1. The second-order valence-corrected chi connectivity index (χ2v) is 3.00. The van der Waals surface area contributed by atoms with Crippen molar-refractivity contribution in [2.45, 2.75) is 0 Å². The zero-order chi connectivity index (χ0) is 12.3. The molecule has 5 nitrogen and oxygen atoms in total. The highest BCUT2D eigenvalue weighted by molar-refractivity contribution is 6.60. The average Bonchev–Trinajstić information content (AvgIpc) is 2.26. The van der Waals surface area contributed by atoms with E-state index in [2.05, 4.69) is 5.32 Å². The molecule has 0 fully saturated rings. The minimum atomic E-state index is -1.83. The van der Waals surface area contributed by atoms with Gasteiger partial charge in [0.25, 0.3) is 5.91 Å². The number of hydrogen-bond acceptors (Lipinski definition) is 4. The van der Waals surface area contributed by atoms with Gasteiger partial charge in [-0.25, -0.2) is 4.39 Å². The van der Waals surface area contributed by atoms with Crippen LogP contribution in [0.25, 0.3) is 0 Å². The number of halogens is 1. The standard InChI is InChI=1S/C9H11BFNO4/c1-12-9(13)7-6(11)4-3-5(10(14)15)8(7)16-2/h3-4,14-15H,1-2H3,(H,12,13). The number of amides is 1. The maximum absolute atomic E-state index is 13.4. The Balaban J connectivity index is 3.44. The van der Waals surface area contributed by atoms with E-state index >= 15 is 0 Å². The monoisotopic (exact) mass is 227 g/mol. The van der Waals surface area contributed by atoms with Gasteiger partial charge in [-0.15, -0.1) is 0 Å². The molecule has 0 radical (unpaired) electrons. The molecule has 0 heterocycles. The number of carbonyl (C=O) groups is 1. The first-order valence-electron chi connectivity index (χ1n) is 4.47. The molecule has 0 aliphatic rings. The van der Waals surface area contributed by atoms with Crippen molar-refractivity contribution in [1.82, 2.24) is 5.32 Å². The van der Waals surface area contributed by atoms with Crippen LogP contribution < -0.4 is 15.5 Å². The molecule has 1 aromatic rings. The molecule has 0 bridgehead atoms. The molecule has 0 saturated carbocycles. The van der Waals surface area contributed by atoms with Gasteiger partial charge in [0.15, 0.2) is 0 Å². The molecule has 0 aliphatic carbocycles. The summed E-state index contributed by atoms with van der Waals surface area (Å²) in [5.74, 6) is -1.67. The minimum Gasteiger partial charge on any atom is -0.496 e. The largest absolute Gasteiger partial charge is 0.496 e. The van der Waals surface area contributed by atoms with Gasteiger partial charge in [0.05, 0.1) is 7.11 Å². The number of hydrogen-bond donors (Lipinski definition) is 3. The Morgan fingerprint density at radius 1 is 1.50 bits per heavy atom. The van der Waals surface area contributed by atoms with Gasteiger partial charge < -0.3 is 20.1 Å². The average molecular weight is 227 g/mol. The predicted molar refractivity (Wildman–Crippen MR) is 56.2 cm³/mol. The molecule has 3 N–H and O–H groups in total. The zero-order valence-electron chi connectivity index (χ0n) is 8.82. The summed E-state index contributed by atoms with van der Waals surface area (Å²) in [7, 11) is 0.718. The van der Waals surface area contributed by atoms with Crippen LogP contribution >= 0.6 is 0 Å². The lowest BCUT2D eigenvalue weighted by Crippen LogP contribution is -2.34. The van der Waals surface area contributed by atoms with E-state index in [0.29, 0.717) is 0 Å². The van der Waals surface area contributed by atoms with Crippen LogP contribution in [0.3, 0.4) is 0 Å². The summed E-state index contributed by atoms with van der Waals surface area (Å²) < 4.78 is 18.2. The fourth-order valence-corrected chi connectivity index (χ4v) is 1.33. The third kappa shape index (κ3) is 2.15. The van der Waals surface area contributed by atoms with Crippen LogP contribution in [0.1, 0.15) is 10.4 Å². The van der Waals surface area contributed by atoms with Crippen molar-refractivity contribution in [3.8, 4) is 5.75 Å². The van der Waals surface area contributed by atoms with Gasteiger partial charge in [0.1, 0.15) is 17.1 Å². The molecule has 1 amide bonds. The van der Waals surface area contributed by atoms with Crippen LogP contribution in [0.4, 0.5) is 4.39 Å².